The van der Waals surface area contributed by atoms with E-state index in [1.807, 2.05) is 0 Å². The van der Waals surface area contributed by atoms with E-state index in [4.69, 9.17) is 0 Å². The summed E-state index contributed by atoms with van der Waals surface area (Å²) in [6, 6.07) is 9.90. The maximum Gasteiger partial charge on any atom is -0.0131 e. The fraction of sp³-hybridized carbons (Fsp3) is 0.714. The first-order valence-electron chi connectivity index (χ1n) is 12.5. The molecule has 2 atom stereocenters. The van der Waals surface area contributed by atoms with Gasteiger partial charge in [0.2, 0.25) is 0 Å². The molecule has 2 aliphatic carbocycles. The van der Waals surface area contributed by atoms with Crippen molar-refractivity contribution in [3.63, 3.8) is 0 Å². The van der Waals surface area contributed by atoms with Crippen LogP contribution in [0, 0.1) is 17.8 Å². The molecule has 0 bridgehead atoms. The highest BCUT2D eigenvalue weighted by atomic mass is 14.3. The van der Waals surface area contributed by atoms with Crippen LogP contribution >= 0.6 is 0 Å². The fourth-order valence-corrected chi connectivity index (χ4v) is 5.83. The van der Waals surface area contributed by atoms with Gasteiger partial charge in [0.15, 0.2) is 0 Å². The summed E-state index contributed by atoms with van der Waals surface area (Å²) in [5.41, 5.74) is 3.19. The summed E-state index contributed by atoms with van der Waals surface area (Å²) >= 11 is 0. The molecule has 0 heteroatoms. The van der Waals surface area contributed by atoms with Crippen LogP contribution in [0.15, 0.2) is 36.4 Å². The molecule has 3 rings (SSSR count). The van der Waals surface area contributed by atoms with Gasteiger partial charge in [-0.25, -0.2) is 0 Å². The number of rotatable bonds is 10. The highest BCUT2D eigenvalue weighted by Gasteiger charge is 2.30. The molecule has 0 saturated heterocycles. The lowest BCUT2D eigenvalue weighted by Crippen LogP contribution is -2.23. The Morgan fingerprint density at radius 2 is 1.61 bits per heavy atom. The Morgan fingerprint density at radius 1 is 0.821 bits per heavy atom. The molecule has 1 fully saturated rings. The monoisotopic (exact) mass is 380 g/mol. The zero-order chi connectivity index (χ0) is 19.6. The summed E-state index contributed by atoms with van der Waals surface area (Å²) in [6.07, 6.45) is 24.3. The van der Waals surface area contributed by atoms with E-state index >= 15 is 0 Å². The van der Waals surface area contributed by atoms with Gasteiger partial charge in [0, 0.05) is 0 Å². The third-order valence-corrected chi connectivity index (χ3v) is 7.60. The fourth-order valence-electron chi connectivity index (χ4n) is 5.83. The minimum Gasteiger partial charge on any atom is -0.0885 e. The normalized spacial score (nSPS) is 26.3. The van der Waals surface area contributed by atoms with Crippen molar-refractivity contribution in [2.45, 2.75) is 110 Å². The van der Waals surface area contributed by atoms with Crippen LogP contribution in [0.1, 0.15) is 114 Å². The van der Waals surface area contributed by atoms with Crippen molar-refractivity contribution in [1.29, 1.82) is 0 Å². The number of hydrogen-bond acceptors (Lipinski definition) is 0. The molecule has 0 amide bonds. The molecular formula is C28H44. The maximum absolute atomic E-state index is 2.50. The van der Waals surface area contributed by atoms with E-state index in [0.29, 0.717) is 0 Å². The topological polar surface area (TPSA) is 0 Å². The number of unbranched alkanes of at least 4 members (excludes halogenated alkanes) is 2. The van der Waals surface area contributed by atoms with Gasteiger partial charge in [-0.05, 0) is 86.2 Å². The van der Waals surface area contributed by atoms with Gasteiger partial charge in [-0.1, -0.05) is 88.8 Å². The summed E-state index contributed by atoms with van der Waals surface area (Å²) in [6.45, 7) is 4.65. The van der Waals surface area contributed by atoms with Gasteiger partial charge < -0.3 is 0 Å². The Balaban J connectivity index is 1.66. The van der Waals surface area contributed by atoms with Crippen molar-refractivity contribution < 1.29 is 0 Å². The first-order chi connectivity index (χ1) is 13.8. The van der Waals surface area contributed by atoms with Crippen LogP contribution in [-0.2, 0) is 6.42 Å². The molecule has 1 saturated carbocycles. The van der Waals surface area contributed by atoms with Crippen molar-refractivity contribution in [2.24, 2.45) is 17.8 Å². The Kier molecular flexibility index (Phi) is 9.16. The second-order valence-electron chi connectivity index (χ2n) is 9.76. The zero-order valence-electron chi connectivity index (χ0n) is 18.7. The molecule has 156 valence electrons. The van der Waals surface area contributed by atoms with E-state index in [1.165, 1.54) is 89.9 Å². The molecule has 1 aromatic rings. The second-order valence-corrected chi connectivity index (χ2v) is 9.76. The molecule has 0 N–H and O–H groups in total. The van der Waals surface area contributed by atoms with E-state index in [0.717, 1.165) is 23.7 Å². The standard InChI is InChI=1S/C28H44/c1-3-5-7-11-24-16-20-27(21-17-24)28(22-25-12-8-6-9-13-25)26-18-14-23(10-4-2)15-19-26/h6,8,16-17,20-21,23,25-26,28H,3-5,7,9-15,18-19,22H2,1-2H3. The highest BCUT2D eigenvalue weighted by molar-refractivity contribution is 5.26. The van der Waals surface area contributed by atoms with Crippen LogP contribution in [-0.4, -0.2) is 0 Å². The van der Waals surface area contributed by atoms with Crippen molar-refractivity contribution in [1.82, 2.24) is 0 Å². The van der Waals surface area contributed by atoms with Crippen LogP contribution in [0.4, 0.5) is 0 Å². The van der Waals surface area contributed by atoms with E-state index in [9.17, 15) is 0 Å². The second kappa shape index (κ2) is 11.8. The molecule has 0 aliphatic heterocycles. The molecule has 0 aromatic heterocycles. The van der Waals surface area contributed by atoms with E-state index in [1.54, 1.807) is 11.1 Å². The SMILES string of the molecule is CCCCCc1ccc(C(CC2CC=CCC2)C2CCC(CCC)CC2)cc1. The predicted molar refractivity (Wildman–Crippen MR) is 124 cm³/mol. The Labute approximate surface area is 175 Å². The molecule has 28 heavy (non-hydrogen) atoms. The van der Waals surface area contributed by atoms with Gasteiger partial charge in [0.25, 0.3) is 0 Å². The van der Waals surface area contributed by atoms with Crippen molar-refractivity contribution in [3.05, 3.63) is 47.5 Å². The van der Waals surface area contributed by atoms with Gasteiger partial charge in [-0.15, -0.1) is 0 Å². The maximum atomic E-state index is 2.50. The van der Waals surface area contributed by atoms with Gasteiger partial charge in [0.05, 0.1) is 0 Å². The minimum absolute atomic E-state index is 0.795. The lowest BCUT2D eigenvalue weighted by molar-refractivity contribution is 0.211. The summed E-state index contributed by atoms with van der Waals surface area (Å²) in [4.78, 5) is 0. The molecule has 0 heterocycles. The zero-order valence-corrected chi connectivity index (χ0v) is 18.7. The van der Waals surface area contributed by atoms with Crippen LogP contribution in [0.3, 0.4) is 0 Å². The molecule has 0 spiro atoms. The van der Waals surface area contributed by atoms with Crippen LogP contribution < -0.4 is 0 Å². The number of hydrogen-bond donors (Lipinski definition) is 0. The van der Waals surface area contributed by atoms with Crippen molar-refractivity contribution >= 4 is 0 Å². The summed E-state index contributed by atoms with van der Waals surface area (Å²) in [5.74, 6) is 3.64. The third kappa shape index (κ3) is 6.50. The van der Waals surface area contributed by atoms with Crippen LogP contribution in [0.25, 0.3) is 0 Å². The first kappa shape index (κ1) is 21.7. The quantitative estimate of drug-likeness (QED) is 0.281. The summed E-state index contributed by atoms with van der Waals surface area (Å²) in [5, 5.41) is 0. The van der Waals surface area contributed by atoms with Gasteiger partial charge >= 0.3 is 0 Å². The average molecular weight is 381 g/mol. The van der Waals surface area contributed by atoms with E-state index in [-0.39, 0.29) is 0 Å². The smallest absolute Gasteiger partial charge is 0.0131 e. The highest BCUT2D eigenvalue weighted by Crippen LogP contribution is 2.44. The molecular weight excluding hydrogens is 336 g/mol. The predicted octanol–water partition coefficient (Wildman–Crippen LogP) is 8.86. The van der Waals surface area contributed by atoms with Gasteiger partial charge in [-0.3, -0.25) is 0 Å². The number of benzene rings is 1. The summed E-state index contributed by atoms with van der Waals surface area (Å²) < 4.78 is 0. The molecule has 2 unspecified atom stereocenters. The largest absolute Gasteiger partial charge is 0.0885 e. The number of aryl methyl sites for hydroxylation is 1. The molecule has 1 aromatic carbocycles. The van der Waals surface area contributed by atoms with Gasteiger partial charge in [-0.2, -0.15) is 0 Å². The first-order valence-corrected chi connectivity index (χ1v) is 12.5. The average Bonchev–Trinajstić information content (AvgIpc) is 2.75. The van der Waals surface area contributed by atoms with E-state index in [2.05, 4.69) is 50.3 Å². The minimum atomic E-state index is 0.795. The van der Waals surface area contributed by atoms with Crippen LogP contribution in [0.2, 0.25) is 0 Å². The Bertz CT molecular complexity index is 558. The van der Waals surface area contributed by atoms with Gasteiger partial charge in [0.1, 0.15) is 0 Å². The molecule has 0 radical (unpaired) electrons. The molecule has 0 nitrogen and oxygen atoms in total. The lowest BCUT2D eigenvalue weighted by atomic mass is 9.69. The Hall–Kier alpha value is -1.04. The Morgan fingerprint density at radius 3 is 2.25 bits per heavy atom. The third-order valence-electron chi connectivity index (χ3n) is 7.60. The lowest BCUT2D eigenvalue weighted by Gasteiger charge is -2.36. The van der Waals surface area contributed by atoms with E-state index < -0.39 is 0 Å². The number of allylic oxidation sites excluding steroid dienone is 2. The summed E-state index contributed by atoms with van der Waals surface area (Å²) in [7, 11) is 0. The molecule has 2 aliphatic rings. The van der Waals surface area contributed by atoms with Crippen molar-refractivity contribution in [2.75, 3.05) is 0 Å². The van der Waals surface area contributed by atoms with Crippen molar-refractivity contribution in [3.8, 4) is 0 Å². The van der Waals surface area contributed by atoms with Crippen LogP contribution in [0.5, 0.6) is 0 Å².